The standard InChI is InChI=1S/C55H32N3/c1-3-16-33(17-4-1)53-52-47-31-44(47)41-26-15-27-42(51(41)54(52)57-55(56-53)34-18-5-2-6-19-34)46-30-43-37-22-9-7-20-35(37)36-21-8-10-23-38(36)45(43)32-50(46)58-48-28-13-11-24-39(48)40-25-12-14-29-49(40)58/h1-32H. The summed E-state index contributed by atoms with van der Waals surface area (Å²) in [6.07, 6.45) is 2.32. The number of nitrogens with zero attached hydrogens (tertiary/aromatic N) is 3. The van der Waals surface area contributed by atoms with Crippen LogP contribution in [0.5, 0.6) is 0 Å². The summed E-state index contributed by atoms with van der Waals surface area (Å²) in [4.78, 5) is 10.9. The van der Waals surface area contributed by atoms with Gasteiger partial charge in [-0.2, -0.15) is 0 Å². The van der Waals surface area contributed by atoms with Crippen LogP contribution in [0.4, 0.5) is 0 Å². The van der Waals surface area contributed by atoms with Gasteiger partial charge in [-0.05, 0) is 78.7 Å². The van der Waals surface area contributed by atoms with Crippen LogP contribution in [-0.2, 0) is 0 Å². The van der Waals surface area contributed by atoms with E-state index >= 15 is 0 Å². The van der Waals surface area contributed by atoms with Crippen molar-refractivity contribution in [2.24, 2.45) is 0 Å². The topological polar surface area (TPSA) is 30.7 Å². The number of hydrogen-bond donors (Lipinski definition) is 0. The van der Waals surface area contributed by atoms with Crippen LogP contribution in [0.25, 0.3) is 115 Å². The number of fused-ring (bicyclic) bond motifs is 15. The molecule has 0 amide bonds. The van der Waals surface area contributed by atoms with Gasteiger partial charge in [-0.15, -0.1) is 0 Å². The van der Waals surface area contributed by atoms with Crippen molar-refractivity contribution in [3.8, 4) is 39.5 Å². The van der Waals surface area contributed by atoms with E-state index in [1.165, 1.54) is 70.6 Å². The van der Waals surface area contributed by atoms with Gasteiger partial charge in [0.2, 0.25) is 0 Å². The first-order valence-electron chi connectivity index (χ1n) is 19.9. The molecule has 0 unspecified atom stereocenters. The minimum atomic E-state index is 0.724. The maximum Gasteiger partial charge on any atom is 0.160 e. The van der Waals surface area contributed by atoms with Gasteiger partial charge < -0.3 is 4.57 Å². The molecule has 13 rings (SSSR count). The Morgan fingerprint density at radius 3 is 1.50 bits per heavy atom. The molecule has 267 valence electrons. The molecule has 2 heterocycles. The zero-order valence-electron chi connectivity index (χ0n) is 31.3. The zero-order valence-corrected chi connectivity index (χ0v) is 31.3. The molecule has 1 aliphatic carbocycles. The van der Waals surface area contributed by atoms with Crippen molar-refractivity contribution in [1.82, 2.24) is 14.5 Å². The Kier molecular flexibility index (Phi) is 6.50. The van der Waals surface area contributed by atoms with E-state index in [4.69, 9.17) is 9.97 Å². The fraction of sp³-hybridized carbons (Fsp3) is 0. The molecule has 0 fully saturated rings. The molecule has 3 heteroatoms. The first kappa shape index (κ1) is 31.6. The minimum absolute atomic E-state index is 0.724. The molecule has 0 spiro atoms. The van der Waals surface area contributed by atoms with E-state index in [0.717, 1.165) is 55.7 Å². The van der Waals surface area contributed by atoms with Crippen LogP contribution in [0.15, 0.2) is 188 Å². The zero-order chi connectivity index (χ0) is 37.9. The third-order valence-electron chi connectivity index (χ3n) is 12.3. The SMILES string of the molecule is [CH]1c2c1c1c(-c3ccccc3)nc(-c3ccccc3)nc1c1c(-c3cc4c5ccccc5c5ccccc5c4cc3-n3c4ccccc4c4ccccc43)cccc21. The summed E-state index contributed by atoms with van der Waals surface area (Å²) in [6, 6.07) is 68.1. The molecule has 0 N–H and O–H groups in total. The van der Waals surface area contributed by atoms with Gasteiger partial charge in [0.1, 0.15) is 0 Å². The van der Waals surface area contributed by atoms with E-state index in [1.807, 2.05) is 6.07 Å². The lowest BCUT2D eigenvalue weighted by molar-refractivity contribution is 1.19. The quantitative estimate of drug-likeness (QED) is 0.169. The Balaban J connectivity index is 1.24. The molecule has 10 aromatic carbocycles. The van der Waals surface area contributed by atoms with E-state index in [2.05, 4.69) is 193 Å². The first-order valence-corrected chi connectivity index (χ1v) is 19.9. The van der Waals surface area contributed by atoms with Crippen molar-refractivity contribution in [1.29, 1.82) is 0 Å². The lowest BCUT2D eigenvalue weighted by Gasteiger charge is -2.20. The molecule has 58 heavy (non-hydrogen) atoms. The second-order valence-electron chi connectivity index (χ2n) is 15.4. The smallest absolute Gasteiger partial charge is 0.160 e. The normalized spacial score (nSPS) is 12.4. The highest BCUT2D eigenvalue weighted by Gasteiger charge is 2.31. The molecule has 0 saturated heterocycles. The number of rotatable bonds is 4. The fourth-order valence-electron chi connectivity index (χ4n) is 9.73. The third kappa shape index (κ3) is 4.44. The predicted octanol–water partition coefficient (Wildman–Crippen LogP) is 14.3. The molecule has 2 aromatic heterocycles. The lowest BCUT2D eigenvalue weighted by atomic mass is 9.89. The molecule has 0 bridgehead atoms. The fourth-order valence-corrected chi connectivity index (χ4v) is 9.73. The van der Waals surface area contributed by atoms with E-state index in [-0.39, 0.29) is 0 Å². The third-order valence-corrected chi connectivity index (χ3v) is 12.3. The van der Waals surface area contributed by atoms with E-state index < -0.39 is 0 Å². The highest BCUT2D eigenvalue weighted by Crippen LogP contribution is 2.51. The van der Waals surface area contributed by atoms with Gasteiger partial charge in [-0.3, -0.25) is 0 Å². The largest absolute Gasteiger partial charge is 0.309 e. The van der Waals surface area contributed by atoms with Crippen LogP contribution >= 0.6 is 0 Å². The van der Waals surface area contributed by atoms with Crippen LogP contribution in [0, 0.1) is 6.42 Å². The second-order valence-corrected chi connectivity index (χ2v) is 15.4. The van der Waals surface area contributed by atoms with Crippen molar-refractivity contribution in [3.63, 3.8) is 0 Å². The van der Waals surface area contributed by atoms with Gasteiger partial charge >= 0.3 is 0 Å². The maximum absolute atomic E-state index is 5.55. The molecule has 0 aliphatic heterocycles. The first-order chi connectivity index (χ1) is 28.8. The summed E-state index contributed by atoms with van der Waals surface area (Å²) in [5, 5.41) is 13.4. The second kappa shape index (κ2) is 11.9. The van der Waals surface area contributed by atoms with Gasteiger partial charge in [0.15, 0.2) is 5.82 Å². The molecule has 3 nitrogen and oxygen atoms in total. The Morgan fingerprint density at radius 2 is 0.862 bits per heavy atom. The van der Waals surface area contributed by atoms with Crippen LogP contribution in [0.2, 0.25) is 0 Å². The van der Waals surface area contributed by atoms with Crippen molar-refractivity contribution in [3.05, 3.63) is 206 Å². The van der Waals surface area contributed by atoms with Gasteiger partial charge in [0, 0.05) is 44.7 Å². The number of hydrogen-bond acceptors (Lipinski definition) is 2. The summed E-state index contributed by atoms with van der Waals surface area (Å²) in [5.41, 5.74) is 12.3. The number of para-hydroxylation sites is 2. The number of aromatic nitrogens is 3. The molecule has 0 atom stereocenters. The predicted molar refractivity (Wildman–Crippen MR) is 243 cm³/mol. The summed E-state index contributed by atoms with van der Waals surface area (Å²) >= 11 is 0. The summed E-state index contributed by atoms with van der Waals surface area (Å²) < 4.78 is 2.49. The van der Waals surface area contributed by atoms with Crippen molar-refractivity contribution in [2.75, 3.05) is 0 Å². The Morgan fingerprint density at radius 1 is 0.345 bits per heavy atom. The summed E-state index contributed by atoms with van der Waals surface area (Å²) in [7, 11) is 0. The van der Waals surface area contributed by atoms with Gasteiger partial charge in [-0.1, -0.05) is 164 Å². The highest BCUT2D eigenvalue weighted by molar-refractivity contribution is 6.28. The highest BCUT2D eigenvalue weighted by atomic mass is 15.0. The Labute approximate surface area is 334 Å². The molecule has 12 aromatic rings. The van der Waals surface area contributed by atoms with Crippen LogP contribution in [-0.4, -0.2) is 14.5 Å². The van der Waals surface area contributed by atoms with E-state index in [1.54, 1.807) is 0 Å². The minimum Gasteiger partial charge on any atom is -0.309 e. The molecule has 0 saturated carbocycles. The summed E-state index contributed by atoms with van der Waals surface area (Å²) in [5.74, 6) is 0.724. The van der Waals surface area contributed by atoms with Gasteiger partial charge in [0.25, 0.3) is 0 Å². The number of benzene rings is 10. The Hall–Kier alpha value is -7.62. The summed E-state index contributed by atoms with van der Waals surface area (Å²) in [6.45, 7) is 0. The average Bonchev–Trinajstić information content (AvgIpc) is 4.04. The molecule has 1 radical (unpaired) electrons. The average molecular weight is 735 g/mol. The van der Waals surface area contributed by atoms with Crippen molar-refractivity contribution < 1.29 is 0 Å². The van der Waals surface area contributed by atoms with Crippen LogP contribution in [0.1, 0.15) is 11.1 Å². The van der Waals surface area contributed by atoms with Crippen LogP contribution < -0.4 is 0 Å². The van der Waals surface area contributed by atoms with Crippen molar-refractivity contribution >= 4 is 75.8 Å². The van der Waals surface area contributed by atoms with E-state index in [9.17, 15) is 0 Å². The molecular formula is C55H32N3. The molecule has 1 aliphatic rings. The maximum atomic E-state index is 5.55. The van der Waals surface area contributed by atoms with Gasteiger partial charge in [0.05, 0.1) is 27.9 Å². The van der Waals surface area contributed by atoms with E-state index in [0.29, 0.717) is 0 Å². The molecular weight excluding hydrogens is 703 g/mol. The van der Waals surface area contributed by atoms with Crippen LogP contribution in [0.3, 0.4) is 0 Å². The Bertz CT molecular complexity index is 3640. The monoisotopic (exact) mass is 734 g/mol. The van der Waals surface area contributed by atoms with Gasteiger partial charge in [-0.25, -0.2) is 9.97 Å². The van der Waals surface area contributed by atoms with Crippen molar-refractivity contribution in [2.45, 2.75) is 0 Å². The lowest BCUT2D eigenvalue weighted by Crippen LogP contribution is -2.00.